The molecular weight excluding hydrogens is 159 g/mol. The summed E-state index contributed by atoms with van der Waals surface area (Å²) in [4.78, 5) is 10.4. The Labute approximate surface area is 69.0 Å². The second kappa shape index (κ2) is 2.69. The van der Waals surface area contributed by atoms with Gasteiger partial charge < -0.3 is 0 Å². The zero-order chi connectivity index (χ0) is 8.55. The predicted molar refractivity (Wildman–Crippen MR) is 40.8 cm³/mol. The van der Waals surface area contributed by atoms with Crippen LogP contribution in [0.1, 0.15) is 40.8 Å². The maximum absolute atomic E-state index is 13.2. The molecule has 1 N–H and O–H groups in total. The summed E-state index contributed by atoms with van der Waals surface area (Å²) in [5.74, 6) is 0. The Morgan fingerprint density at radius 1 is 1.67 bits per heavy atom. The van der Waals surface area contributed by atoms with E-state index in [1.165, 1.54) is 0 Å². The van der Waals surface area contributed by atoms with E-state index in [0.29, 0.717) is 18.3 Å². The third-order valence-electron chi connectivity index (χ3n) is 2.22. The summed E-state index contributed by atoms with van der Waals surface area (Å²) in [6, 6.07) is 0. The fourth-order valence-corrected chi connectivity index (χ4v) is 1.64. The summed E-state index contributed by atoms with van der Waals surface area (Å²) >= 11 is 0. The molecule has 1 unspecified atom stereocenters. The number of fused-ring (bicyclic) bond motifs is 1. The molecule has 0 fully saturated rings. The molecule has 64 valence electrons. The summed E-state index contributed by atoms with van der Waals surface area (Å²) in [5, 5.41) is 6.42. The van der Waals surface area contributed by atoms with Gasteiger partial charge in [0.1, 0.15) is 11.9 Å². The standard InChI is InChI=1S/C8H9FN2O/c9-5-2-1-3-6-8(5)7(4-12)11-10-6/h4-5H,1-3H2,(H,10,11). The second-order valence-electron chi connectivity index (χ2n) is 2.98. The molecule has 0 radical (unpaired) electrons. The molecule has 0 aromatic carbocycles. The van der Waals surface area contributed by atoms with Gasteiger partial charge in [-0.05, 0) is 19.3 Å². The van der Waals surface area contributed by atoms with E-state index in [2.05, 4.69) is 10.2 Å². The van der Waals surface area contributed by atoms with E-state index >= 15 is 0 Å². The number of aromatic amines is 1. The lowest BCUT2D eigenvalue weighted by atomic mass is 9.94. The van der Waals surface area contributed by atoms with E-state index in [1.807, 2.05) is 0 Å². The van der Waals surface area contributed by atoms with Crippen molar-refractivity contribution in [1.82, 2.24) is 10.2 Å². The number of H-pyrrole nitrogens is 1. The fraction of sp³-hybridized carbons (Fsp3) is 0.500. The Morgan fingerprint density at radius 3 is 3.25 bits per heavy atom. The molecule has 0 spiro atoms. The number of carbonyl (C=O) groups excluding carboxylic acids is 1. The van der Waals surface area contributed by atoms with Crippen molar-refractivity contribution >= 4 is 6.29 Å². The smallest absolute Gasteiger partial charge is 0.170 e. The monoisotopic (exact) mass is 168 g/mol. The summed E-state index contributed by atoms with van der Waals surface area (Å²) in [7, 11) is 0. The summed E-state index contributed by atoms with van der Waals surface area (Å²) in [5.41, 5.74) is 1.50. The van der Waals surface area contributed by atoms with Crippen LogP contribution in [0.5, 0.6) is 0 Å². The highest BCUT2D eigenvalue weighted by molar-refractivity contribution is 5.75. The molecule has 3 nitrogen and oxygen atoms in total. The van der Waals surface area contributed by atoms with Gasteiger partial charge >= 0.3 is 0 Å². The van der Waals surface area contributed by atoms with Crippen molar-refractivity contribution in [3.8, 4) is 0 Å². The van der Waals surface area contributed by atoms with E-state index in [9.17, 15) is 9.18 Å². The third kappa shape index (κ3) is 0.948. The maximum Gasteiger partial charge on any atom is 0.170 e. The average Bonchev–Trinajstić information content (AvgIpc) is 2.49. The molecule has 1 aliphatic carbocycles. The van der Waals surface area contributed by atoms with Gasteiger partial charge in [0.2, 0.25) is 0 Å². The Morgan fingerprint density at radius 2 is 2.50 bits per heavy atom. The quantitative estimate of drug-likeness (QED) is 0.647. The number of nitrogens with zero attached hydrogens (tertiary/aromatic N) is 1. The van der Waals surface area contributed by atoms with Crippen LogP contribution in [0.3, 0.4) is 0 Å². The minimum Gasteiger partial charge on any atom is -0.296 e. The molecule has 0 amide bonds. The van der Waals surface area contributed by atoms with Crippen LogP contribution in [0, 0.1) is 0 Å². The molecule has 1 heterocycles. The topological polar surface area (TPSA) is 45.8 Å². The summed E-state index contributed by atoms with van der Waals surface area (Å²) in [6.07, 6.45) is 1.74. The number of carbonyl (C=O) groups is 1. The molecule has 0 bridgehead atoms. The minimum absolute atomic E-state index is 0.234. The Balaban J connectivity index is 2.50. The average molecular weight is 168 g/mol. The highest BCUT2D eigenvalue weighted by Gasteiger charge is 2.25. The molecule has 0 saturated carbocycles. The molecule has 1 aromatic rings. The molecule has 0 saturated heterocycles. The van der Waals surface area contributed by atoms with Crippen molar-refractivity contribution in [1.29, 1.82) is 0 Å². The molecule has 12 heavy (non-hydrogen) atoms. The predicted octanol–water partition coefficient (Wildman–Crippen LogP) is 1.57. The zero-order valence-electron chi connectivity index (χ0n) is 6.51. The van der Waals surface area contributed by atoms with Gasteiger partial charge in [0.05, 0.1) is 0 Å². The number of hydrogen-bond acceptors (Lipinski definition) is 2. The number of rotatable bonds is 1. The highest BCUT2D eigenvalue weighted by atomic mass is 19.1. The first-order valence-corrected chi connectivity index (χ1v) is 3.99. The van der Waals surface area contributed by atoms with Crippen LogP contribution in [0.15, 0.2) is 0 Å². The SMILES string of the molecule is O=Cc1n[nH]c2c1C(F)CCC2. The van der Waals surface area contributed by atoms with Gasteiger partial charge in [0, 0.05) is 11.3 Å². The van der Waals surface area contributed by atoms with Crippen molar-refractivity contribution in [2.24, 2.45) is 0 Å². The minimum atomic E-state index is -1.01. The Hall–Kier alpha value is -1.19. The number of alkyl halides is 1. The van der Waals surface area contributed by atoms with Gasteiger partial charge in [-0.15, -0.1) is 0 Å². The number of aldehydes is 1. The van der Waals surface area contributed by atoms with Crippen molar-refractivity contribution in [3.63, 3.8) is 0 Å². The van der Waals surface area contributed by atoms with Crippen LogP contribution in [0.4, 0.5) is 4.39 Å². The van der Waals surface area contributed by atoms with Crippen molar-refractivity contribution in [2.75, 3.05) is 0 Å². The number of halogens is 1. The van der Waals surface area contributed by atoms with Crippen molar-refractivity contribution in [3.05, 3.63) is 17.0 Å². The first-order chi connectivity index (χ1) is 5.83. The maximum atomic E-state index is 13.2. The molecule has 0 aliphatic heterocycles. The van der Waals surface area contributed by atoms with Gasteiger partial charge in [-0.3, -0.25) is 9.89 Å². The van der Waals surface area contributed by atoms with Gasteiger partial charge in [0.25, 0.3) is 0 Å². The van der Waals surface area contributed by atoms with E-state index in [-0.39, 0.29) is 5.69 Å². The normalized spacial score (nSPS) is 21.9. The zero-order valence-corrected chi connectivity index (χ0v) is 6.51. The van der Waals surface area contributed by atoms with Crippen LogP contribution in [0.2, 0.25) is 0 Å². The van der Waals surface area contributed by atoms with Crippen LogP contribution in [-0.2, 0) is 6.42 Å². The number of aromatic nitrogens is 2. The summed E-state index contributed by atoms with van der Waals surface area (Å²) < 4.78 is 13.2. The van der Waals surface area contributed by atoms with Gasteiger partial charge in [0.15, 0.2) is 6.29 Å². The summed E-state index contributed by atoms with van der Waals surface area (Å²) in [6.45, 7) is 0. The van der Waals surface area contributed by atoms with Crippen molar-refractivity contribution < 1.29 is 9.18 Å². The van der Waals surface area contributed by atoms with Gasteiger partial charge in [-0.1, -0.05) is 0 Å². The molecule has 1 aromatic heterocycles. The lowest BCUT2D eigenvalue weighted by molar-refractivity contribution is 0.111. The molecule has 1 aliphatic rings. The fourth-order valence-electron chi connectivity index (χ4n) is 1.64. The number of hydrogen-bond donors (Lipinski definition) is 1. The van der Waals surface area contributed by atoms with Crippen LogP contribution >= 0.6 is 0 Å². The van der Waals surface area contributed by atoms with Gasteiger partial charge in [-0.25, -0.2) is 4.39 Å². The van der Waals surface area contributed by atoms with Gasteiger partial charge in [-0.2, -0.15) is 5.10 Å². The molecule has 4 heteroatoms. The van der Waals surface area contributed by atoms with E-state index in [4.69, 9.17) is 0 Å². The van der Waals surface area contributed by atoms with Crippen LogP contribution in [0.25, 0.3) is 0 Å². The van der Waals surface area contributed by atoms with Crippen LogP contribution < -0.4 is 0 Å². The lowest BCUT2D eigenvalue weighted by Gasteiger charge is -2.14. The first-order valence-electron chi connectivity index (χ1n) is 3.99. The Kier molecular flexibility index (Phi) is 1.67. The Bertz CT molecular complexity index is 308. The third-order valence-corrected chi connectivity index (χ3v) is 2.22. The molecule has 2 rings (SSSR count). The largest absolute Gasteiger partial charge is 0.296 e. The first kappa shape index (κ1) is 7.46. The van der Waals surface area contributed by atoms with Crippen molar-refractivity contribution in [2.45, 2.75) is 25.4 Å². The van der Waals surface area contributed by atoms with E-state index in [0.717, 1.165) is 18.5 Å². The van der Waals surface area contributed by atoms with E-state index < -0.39 is 6.17 Å². The van der Waals surface area contributed by atoms with E-state index in [1.54, 1.807) is 0 Å². The highest BCUT2D eigenvalue weighted by Crippen LogP contribution is 2.32. The lowest BCUT2D eigenvalue weighted by Crippen LogP contribution is -2.05. The number of aryl methyl sites for hydroxylation is 1. The van der Waals surface area contributed by atoms with Crippen LogP contribution in [-0.4, -0.2) is 16.5 Å². The number of nitrogens with one attached hydrogen (secondary N) is 1. The molecular formula is C8H9FN2O. The molecule has 1 atom stereocenters. The second-order valence-corrected chi connectivity index (χ2v) is 2.98.